The number of esters is 1. The van der Waals surface area contributed by atoms with Crippen LogP contribution in [0.1, 0.15) is 26.2 Å². The summed E-state index contributed by atoms with van der Waals surface area (Å²) in [6.45, 7) is 2.04. The number of carbonyl (C=O) groups excluding carboxylic acids is 1. The number of ether oxygens (including phenoxy) is 1. The van der Waals surface area contributed by atoms with Gasteiger partial charge in [0.25, 0.3) is 0 Å². The maximum atomic E-state index is 10.3. The maximum Gasteiger partial charge on any atom is 0.305 e. The monoisotopic (exact) mass is 177 g/mol. The topological polar surface area (TPSA) is 26.3 Å². The van der Waals surface area contributed by atoms with Crippen LogP contribution in [-0.2, 0) is 9.53 Å². The first kappa shape index (κ1) is 15.2. The second kappa shape index (κ2) is 14.2. The Kier molecular flexibility index (Phi) is 16.6. The van der Waals surface area contributed by atoms with Gasteiger partial charge in [-0.2, -0.15) is 0 Å². The summed E-state index contributed by atoms with van der Waals surface area (Å²) in [7, 11) is 13.2. The Bertz CT molecular complexity index is 108. The Balaban J connectivity index is 0. The molecular formula is C8H16B3O2. The lowest BCUT2D eigenvalue weighted by molar-refractivity contribution is -0.140. The van der Waals surface area contributed by atoms with Crippen molar-refractivity contribution in [2.75, 3.05) is 7.11 Å². The van der Waals surface area contributed by atoms with Crippen molar-refractivity contribution in [3.05, 3.63) is 0 Å². The molecule has 0 spiro atoms. The van der Waals surface area contributed by atoms with Gasteiger partial charge in [-0.3, -0.25) is 4.79 Å². The molecule has 0 heterocycles. The average Bonchev–Trinajstić information content (AvgIpc) is 2.16. The highest BCUT2D eigenvalue weighted by atomic mass is 16.5. The second-order valence-electron chi connectivity index (χ2n) is 2.44. The van der Waals surface area contributed by atoms with Crippen molar-refractivity contribution in [2.45, 2.75) is 38.6 Å². The molecule has 0 aromatic heterocycles. The molecule has 0 amide bonds. The Morgan fingerprint density at radius 2 is 1.92 bits per heavy atom. The quantitative estimate of drug-likeness (QED) is 0.464. The van der Waals surface area contributed by atoms with Crippen molar-refractivity contribution in [1.29, 1.82) is 0 Å². The largest absolute Gasteiger partial charge is 0.469 e. The minimum Gasteiger partial charge on any atom is -0.469 e. The molecule has 0 unspecified atom stereocenters. The third-order valence-electron chi connectivity index (χ3n) is 1.30. The molecule has 5 heteroatoms. The van der Waals surface area contributed by atoms with Crippen LogP contribution < -0.4 is 0 Å². The minimum absolute atomic E-state index is 0.105. The molecule has 0 atom stereocenters. The molecule has 5 radical (unpaired) electrons. The number of carbonyl (C=O) groups is 1. The molecule has 0 aliphatic heterocycles. The van der Waals surface area contributed by atoms with Crippen LogP contribution in [0.4, 0.5) is 0 Å². The SMILES string of the molecule is CCCCC(=O)OC.[B]C[B]C[B]. The molecule has 0 aromatic rings. The van der Waals surface area contributed by atoms with Gasteiger partial charge in [-0.25, -0.2) is 0 Å². The summed E-state index contributed by atoms with van der Waals surface area (Å²) >= 11 is 0. The number of rotatable bonds is 5. The Hall–Kier alpha value is -0.335. The summed E-state index contributed by atoms with van der Waals surface area (Å²) in [5.41, 5.74) is 0. The average molecular weight is 177 g/mol. The van der Waals surface area contributed by atoms with Crippen LogP contribution in [0.2, 0.25) is 12.4 Å². The van der Waals surface area contributed by atoms with Crippen LogP contribution in [0.5, 0.6) is 0 Å². The summed E-state index contributed by atoms with van der Waals surface area (Å²) in [6.07, 6.45) is 3.74. The van der Waals surface area contributed by atoms with Gasteiger partial charge in [-0.1, -0.05) is 13.3 Å². The zero-order chi connectivity index (χ0) is 10.5. The summed E-state index contributed by atoms with van der Waals surface area (Å²) in [6, 6.07) is 0. The highest BCUT2D eigenvalue weighted by molar-refractivity contribution is 6.54. The van der Waals surface area contributed by atoms with E-state index in [0.29, 0.717) is 18.9 Å². The molecule has 0 aromatic carbocycles. The van der Waals surface area contributed by atoms with Gasteiger partial charge in [0.2, 0.25) is 0 Å². The number of unbranched alkanes of at least 4 members (excludes halogenated alkanes) is 1. The van der Waals surface area contributed by atoms with E-state index < -0.39 is 0 Å². The fraction of sp³-hybridized carbons (Fsp3) is 0.875. The Morgan fingerprint density at radius 3 is 2.15 bits per heavy atom. The highest BCUT2D eigenvalue weighted by Crippen LogP contribution is 1.94. The first-order chi connectivity index (χ1) is 6.22. The molecule has 0 fully saturated rings. The molecule has 13 heavy (non-hydrogen) atoms. The zero-order valence-electron chi connectivity index (χ0n) is 8.58. The first-order valence-electron chi connectivity index (χ1n) is 4.51. The van der Waals surface area contributed by atoms with Crippen molar-refractivity contribution in [1.82, 2.24) is 0 Å². The molecule has 0 bridgehead atoms. The Morgan fingerprint density at radius 1 is 1.38 bits per heavy atom. The highest BCUT2D eigenvalue weighted by Gasteiger charge is 1.95. The van der Waals surface area contributed by atoms with Crippen LogP contribution in [0.3, 0.4) is 0 Å². The van der Waals surface area contributed by atoms with E-state index in [4.69, 9.17) is 15.7 Å². The van der Waals surface area contributed by atoms with Crippen molar-refractivity contribution >= 4 is 28.9 Å². The molecule has 2 nitrogen and oxygen atoms in total. The third-order valence-corrected chi connectivity index (χ3v) is 1.30. The van der Waals surface area contributed by atoms with E-state index in [0.717, 1.165) is 12.8 Å². The van der Waals surface area contributed by atoms with Crippen LogP contribution in [-0.4, -0.2) is 36.1 Å². The van der Waals surface area contributed by atoms with E-state index in [1.54, 1.807) is 7.28 Å². The van der Waals surface area contributed by atoms with Crippen LogP contribution in [0.15, 0.2) is 0 Å². The molecule has 0 N–H and O–H groups in total. The van der Waals surface area contributed by atoms with Gasteiger partial charge in [-0.15, -0.1) is 12.4 Å². The lowest BCUT2D eigenvalue weighted by Crippen LogP contribution is -1.98. The molecule has 0 aliphatic carbocycles. The number of methoxy groups -OCH3 is 1. The predicted octanol–water partition coefficient (Wildman–Crippen LogP) is 1.13. The van der Waals surface area contributed by atoms with E-state index in [1.165, 1.54) is 7.11 Å². The van der Waals surface area contributed by atoms with E-state index in [-0.39, 0.29) is 5.97 Å². The smallest absolute Gasteiger partial charge is 0.305 e. The molecule has 0 rings (SSSR count). The van der Waals surface area contributed by atoms with Gasteiger partial charge in [0.1, 0.15) is 0 Å². The minimum atomic E-state index is -0.105. The van der Waals surface area contributed by atoms with E-state index >= 15 is 0 Å². The van der Waals surface area contributed by atoms with Crippen molar-refractivity contribution in [3.8, 4) is 0 Å². The van der Waals surface area contributed by atoms with E-state index in [9.17, 15) is 4.79 Å². The lowest BCUT2D eigenvalue weighted by atomic mass is 9.58. The maximum absolute atomic E-state index is 10.3. The van der Waals surface area contributed by atoms with Crippen molar-refractivity contribution in [3.63, 3.8) is 0 Å². The summed E-state index contributed by atoms with van der Waals surface area (Å²) in [5.74, 6) is -0.105. The number of hydrogen-bond acceptors (Lipinski definition) is 2. The van der Waals surface area contributed by atoms with Gasteiger partial charge >= 0.3 is 5.97 Å². The predicted molar refractivity (Wildman–Crippen MR) is 58.4 cm³/mol. The zero-order valence-corrected chi connectivity index (χ0v) is 8.58. The van der Waals surface area contributed by atoms with E-state index in [1.807, 2.05) is 6.92 Å². The summed E-state index contributed by atoms with van der Waals surface area (Å²) in [4.78, 5) is 10.3. The fourth-order valence-corrected chi connectivity index (χ4v) is 0.519. The van der Waals surface area contributed by atoms with Crippen LogP contribution in [0.25, 0.3) is 0 Å². The lowest BCUT2D eigenvalue weighted by Gasteiger charge is -1.93. The molecule has 0 saturated heterocycles. The van der Waals surface area contributed by atoms with Gasteiger partial charge in [0.05, 0.1) is 30.1 Å². The third kappa shape index (κ3) is 18.5. The molecule has 0 aliphatic rings. The van der Waals surface area contributed by atoms with Crippen LogP contribution in [0, 0.1) is 0 Å². The Labute approximate surface area is 84.9 Å². The van der Waals surface area contributed by atoms with Crippen LogP contribution >= 0.6 is 0 Å². The summed E-state index contributed by atoms with van der Waals surface area (Å²) < 4.78 is 4.41. The fourth-order valence-electron chi connectivity index (χ4n) is 0.519. The standard InChI is InChI=1S/C6H12O2.C2H4B3/c1-3-4-5-6(7)8-2;3-1-5-2-4/h3-5H2,1-2H3;1-2H2. The first-order valence-corrected chi connectivity index (χ1v) is 4.51. The van der Waals surface area contributed by atoms with Gasteiger partial charge in [0, 0.05) is 6.42 Å². The second-order valence-corrected chi connectivity index (χ2v) is 2.44. The molecule has 0 saturated carbocycles. The van der Waals surface area contributed by atoms with E-state index in [2.05, 4.69) is 4.74 Å². The van der Waals surface area contributed by atoms with Gasteiger partial charge in [0.15, 0.2) is 0 Å². The normalized spacial score (nSPS) is 8.15. The summed E-state index contributed by atoms with van der Waals surface area (Å²) in [5, 5.41) is 0. The van der Waals surface area contributed by atoms with Crippen molar-refractivity contribution in [2.24, 2.45) is 0 Å². The van der Waals surface area contributed by atoms with Gasteiger partial charge < -0.3 is 4.74 Å². The molecular weight excluding hydrogens is 161 g/mol. The number of hydrogen-bond donors (Lipinski definition) is 0. The molecule has 69 valence electrons. The van der Waals surface area contributed by atoms with Gasteiger partial charge in [-0.05, 0) is 6.42 Å². The van der Waals surface area contributed by atoms with Crippen molar-refractivity contribution < 1.29 is 9.53 Å².